The number of β-amino-alcohol motifs (C(OH)–C–C–N with tert-alkyl or cyclic N) is 1. The summed E-state index contributed by atoms with van der Waals surface area (Å²) in [6.07, 6.45) is 5.65. The number of benzene rings is 2. The summed E-state index contributed by atoms with van der Waals surface area (Å²) in [5.41, 5.74) is 7.67. The number of carbonyl (C=O) groups excluding carboxylic acids is 2. The van der Waals surface area contributed by atoms with Crippen molar-refractivity contribution in [1.29, 1.82) is 0 Å². The number of piperidine rings is 1. The number of hydrogen-bond acceptors (Lipinski definition) is 15. The number of fused-ring (bicyclic) bond motifs is 3. The number of aromatic nitrogens is 4. The minimum atomic E-state index is -0.291. The number of phenolic OH excluding ortho intramolecular Hbond substituents is 1. The molecule has 2 amide bonds. The number of phenols is 1. The number of aromatic hydroxyl groups is 1. The van der Waals surface area contributed by atoms with Crippen molar-refractivity contribution in [3.8, 4) is 33.3 Å². The predicted octanol–water partition coefficient (Wildman–Crippen LogP) is 6.70. The molecule has 3 saturated heterocycles. The molecule has 0 spiro atoms. The van der Waals surface area contributed by atoms with Crippen LogP contribution in [0, 0.1) is 12.8 Å². The van der Waals surface area contributed by atoms with Crippen molar-refractivity contribution >= 4 is 35.2 Å². The van der Waals surface area contributed by atoms with E-state index >= 15 is 0 Å². The Morgan fingerprint density at radius 1 is 1.02 bits per heavy atom. The van der Waals surface area contributed by atoms with Gasteiger partial charge >= 0.3 is 0 Å². The summed E-state index contributed by atoms with van der Waals surface area (Å²) in [7, 11) is 0. The van der Waals surface area contributed by atoms with Crippen molar-refractivity contribution in [2.24, 2.45) is 5.92 Å². The maximum atomic E-state index is 11.4. The number of anilines is 2. The molecule has 0 saturated carbocycles. The molecule has 2 aromatic carbocycles. The van der Waals surface area contributed by atoms with Gasteiger partial charge in [-0.2, -0.15) is 0 Å². The van der Waals surface area contributed by atoms with Gasteiger partial charge in [-0.3, -0.25) is 19.4 Å². The van der Waals surface area contributed by atoms with Gasteiger partial charge in [0.25, 0.3) is 5.88 Å². The number of carbonyl (C=O) groups is 2. The van der Waals surface area contributed by atoms with Gasteiger partial charge in [-0.15, -0.1) is 21.5 Å². The second-order valence-corrected chi connectivity index (χ2v) is 18.1. The molecular weight excluding hydrogens is 857 g/mol. The number of piperazine rings is 1. The van der Waals surface area contributed by atoms with Crippen LogP contribution in [-0.4, -0.2) is 141 Å². The van der Waals surface area contributed by atoms with E-state index in [-0.39, 0.29) is 23.8 Å². The predicted molar refractivity (Wildman–Crippen MR) is 260 cm³/mol. The van der Waals surface area contributed by atoms with Gasteiger partial charge in [-0.1, -0.05) is 64.1 Å². The molecule has 17 heteroatoms. The SMILES string of the molecule is CC.CC(C)CC(=O)N1CCC(O)C1.C[C@@H]1Nc2nnc(-c3ccccc3O)cc2N2CCN(C3CCN(CCOc4ccon4)CC3)CC12.Cc1ncsc1-c1ccc(CNC=O)cc1. The molecule has 66 heavy (non-hydrogen) atoms. The number of nitrogens with one attached hydrogen (secondary N) is 2. The van der Waals surface area contributed by atoms with Crippen molar-refractivity contribution < 1.29 is 29.1 Å². The van der Waals surface area contributed by atoms with Crippen LogP contribution in [0.2, 0.25) is 0 Å². The Labute approximate surface area is 393 Å². The molecule has 4 aliphatic heterocycles. The van der Waals surface area contributed by atoms with E-state index in [9.17, 15) is 19.8 Å². The fourth-order valence-electron chi connectivity index (χ4n) is 8.75. The van der Waals surface area contributed by atoms with Crippen molar-refractivity contribution in [3.05, 3.63) is 83.7 Å². The van der Waals surface area contributed by atoms with E-state index in [1.54, 1.807) is 28.4 Å². The minimum Gasteiger partial charge on any atom is -0.507 e. The second kappa shape index (κ2) is 24.8. The molecule has 356 valence electrons. The Balaban J connectivity index is 0.000000197. The molecule has 9 rings (SSSR count). The first-order valence-corrected chi connectivity index (χ1v) is 24.2. The van der Waals surface area contributed by atoms with Crippen LogP contribution in [0.25, 0.3) is 21.7 Å². The Morgan fingerprint density at radius 3 is 2.44 bits per heavy atom. The molecule has 4 N–H and O–H groups in total. The maximum absolute atomic E-state index is 11.4. The molecular formula is C49H68N10O6S. The first kappa shape index (κ1) is 49.8. The zero-order chi connectivity index (χ0) is 47.0. The Hall–Kier alpha value is -5.62. The lowest BCUT2D eigenvalue weighted by Crippen LogP contribution is -2.63. The first-order chi connectivity index (χ1) is 32.1. The number of aliphatic hydroxyl groups is 1. The molecule has 3 aromatic heterocycles. The van der Waals surface area contributed by atoms with Crippen LogP contribution in [-0.2, 0) is 16.1 Å². The maximum Gasteiger partial charge on any atom is 0.254 e. The van der Waals surface area contributed by atoms with Crippen LogP contribution in [0.5, 0.6) is 11.6 Å². The third-order valence-corrected chi connectivity index (χ3v) is 13.2. The second-order valence-electron chi connectivity index (χ2n) is 17.3. The summed E-state index contributed by atoms with van der Waals surface area (Å²) < 4.78 is 10.5. The summed E-state index contributed by atoms with van der Waals surface area (Å²) in [6.45, 7) is 20.9. The van der Waals surface area contributed by atoms with Gasteiger partial charge in [0.15, 0.2) is 5.82 Å². The highest BCUT2D eigenvalue weighted by atomic mass is 32.1. The summed E-state index contributed by atoms with van der Waals surface area (Å²) in [5, 5.41) is 38.4. The smallest absolute Gasteiger partial charge is 0.254 e. The van der Waals surface area contributed by atoms with Gasteiger partial charge in [0, 0.05) is 75.9 Å². The number of amides is 2. The summed E-state index contributed by atoms with van der Waals surface area (Å²) in [5.74, 6) is 2.20. The van der Waals surface area contributed by atoms with E-state index < -0.39 is 0 Å². The third-order valence-electron chi connectivity index (χ3n) is 12.3. The van der Waals surface area contributed by atoms with Crippen LogP contribution in [0.15, 0.2) is 77.0 Å². The molecule has 3 atom stereocenters. The Bertz CT molecular complexity index is 2230. The molecule has 0 bridgehead atoms. The van der Waals surface area contributed by atoms with Gasteiger partial charge in [0.05, 0.1) is 39.6 Å². The topological polar surface area (TPSA) is 186 Å². The van der Waals surface area contributed by atoms with E-state index in [0.717, 1.165) is 75.0 Å². The number of rotatable bonds is 12. The normalized spacial score (nSPS) is 19.4. The number of nitrogens with zero attached hydrogens (tertiary/aromatic N) is 8. The van der Waals surface area contributed by atoms with Crippen molar-refractivity contribution in [2.45, 2.75) is 98.0 Å². The summed E-state index contributed by atoms with van der Waals surface area (Å²) >= 11 is 1.64. The van der Waals surface area contributed by atoms with E-state index in [2.05, 4.69) is 70.8 Å². The first-order valence-electron chi connectivity index (χ1n) is 23.4. The van der Waals surface area contributed by atoms with Gasteiger partial charge in [-0.25, -0.2) is 4.98 Å². The molecule has 16 nitrogen and oxygen atoms in total. The van der Waals surface area contributed by atoms with Crippen LogP contribution in [0.3, 0.4) is 0 Å². The largest absolute Gasteiger partial charge is 0.507 e. The number of hydrogen-bond donors (Lipinski definition) is 4. The van der Waals surface area contributed by atoms with E-state index in [4.69, 9.17) is 9.26 Å². The molecule has 0 radical (unpaired) electrons. The van der Waals surface area contributed by atoms with Gasteiger partial charge in [0.1, 0.15) is 18.6 Å². The van der Waals surface area contributed by atoms with Crippen molar-refractivity contribution in [2.75, 3.05) is 69.2 Å². The molecule has 2 unspecified atom stereocenters. The molecule has 0 aliphatic carbocycles. The number of aryl methyl sites for hydroxylation is 1. The summed E-state index contributed by atoms with van der Waals surface area (Å²) in [4.78, 5) is 36.4. The van der Waals surface area contributed by atoms with Crippen LogP contribution >= 0.6 is 11.3 Å². The van der Waals surface area contributed by atoms with Crippen LogP contribution in [0.4, 0.5) is 11.5 Å². The quantitative estimate of drug-likeness (QED) is 0.0969. The number of thiazole rings is 1. The minimum absolute atomic E-state index is 0.182. The number of aliphatic hydroxyl groups excluding tert-OH is 1. The standard InChI is InChI=1S/C26H33N7O3.C12H12N2OS.C9H17NO2.C2H6/c1-18-23-17-32(19-6-9-31(10-7-19)13-15-35-25-8-14-36-30-25)11-12-33(23)22-16-21(28-29-26(22)27-18)20-4-2-3-5-24(20)34;1-9-12(16-8-14-9)11-4-2-10(3-5-11)6-13-7-15;1-7(2)5-9(12)10-4-3-8(11)6-10;1-2/h2-5,8,14,16,18-19,23,34H,6-7,9-13,15,17H2,1H3,(H,27,29);2-5,7-8H,6H2,1H3,(H,13,15);7-8,11H,3-6H2,1-2H3;1-2H3/t18-,23?;;;/m0.../s1. The fourth-order valence-corrected chi connectivity index (χ4v) is 9.56. The molecule has 7 heterocycles. The lowest BCUT2D eigenvalue weighted by atomic mass is 9.96. The monoisotopic (exact) mass is 925 g/mol. The van der Waals surface area contributed by atoms with E-state index in [0.29, 0.717) is 67.7 Å². The van der Waals surface area contributed by atoms with Crippen LogP contribution in [0.1, 0.15) is 71.6 Å². The van der Waals surface area contributed by atoms with Crippen molar-refractivity contribution in [1.82, 2.24) is 40.4 Å². The van der Waals surface area contributed by atoms with Gasteiger partial charge in [0.2, 0.25) is 12.3 Å². The van der Waals surface area contributed by atoms with E-state index in [1.165, 1.54) is 29.5 Å². The zero-order valence-electron chi connectivity index (χ0n) is 39.3. The fraction of sp³-hybridized carbons (Fsp3) is 0.510. The van der Waals surface area contributed by atoms with Gasteiger partial charge < -0.3 is 39.9 Å². The average Bonchev–Trinajstić information content (AvgIpc) is 4.13. The highest BCUT2D eigenvalue weighted by Gasteiger charge is 2.39. The average molecular weight is 925 g/mol. The Morgan fingerprint density at radius 2 is 1.79 bits per heavy atom. The molecule has 4 aliphatic rings. The van der Waals surface area contributed by atoms with E-state index in [1.807, 2.05) is 70.5 Å². The highest BCUT2D eigenvalue weighted by Crippen LogP contribution is 2.38. The summed E-state index contributed by atoms with van der Waals surface area (Å²) in [6, 6.07) is 20.5. The number of likely N-dealkylation sites (tertiary alicyclic amines) is 2. The lowest BCUT2D eigenvalue weighted by Gasteiger charge is -2.51. The number of para-hydroxylation sites is 1. The molecule has 5 aromatic rings. The van der Waals surface area contributed by atoms with Crippen LogP contribution < -0.4 is 20.3 Å². The number of ether oxygens (including phenoxy) is 1. The lowest BCUT2D eigenvalue weighted by molar-refractivity contribution is -0.131. The highest BCUT2D eigenvalue weighted by molar-refractivity contribution is 7.13. The zero-order valence-corrected chi connectivity index (χ0v) is 40.1. The third kappa shape index (κ3) is 13.5. The van der Waals surface area contributed by atoms with Crippen molar-refractivity contribution in [3.63, 3.8) is 0 Å². The molecule has 3 fully saturated rings. The Kier molecular flexibility index (Phi) is 18.7. The van der Waals surface area contributed by atoms with Gasteiger partial charge in [-0.05, 0) is 86.6 Å².